The van der Waals surface area contributed by atoms with Crippen LogP contribution in [0.2, 0.25) is 0 Å². The Hall–Kier alpha value is -2.29. The number of aromatic amines is 1. The van der Waals surface area contributed by atoms with Gasteiger partial charge >= 0.3 is 6.09 Å². The maximum atomic E-state index is 11.6. The Labute approximate surface area is 97.1 Å². The van der Waals surface area contributed by atoms with E-state index in [1.165, 1.54) is 11.1 Å². The van der Waals surface area contributed by atoms with Crippen LogP contribution in [-0.2, 0) is 0 Å². The number of likely N-dealkylation sites (tertiary alicyclic amines) is 1. The van der Waals surface area contributed by atoms with Crippen LogP contribution in [0.3, 0.4) is 0 Å². The zero-order valence-electron chi connectivity index (χ0n) is 8.96. The number of H-pyrrole nitrogens is 1. The summed E-state index contributed by atoms with van der Waals surface area (Å²) in [7, 11) is 0. The Bertz CT molecular complexity index is 531. The first kappa shape index (κ1) is 11.2. The van der Waals surface area contributed by atoms with Crippen LogP contribution in [0.5, 0.6) is 0 Å². The standard InChI is InChI=1S/C11H11N3O3/c12-4-7-5-14(11(16)17)6-9(7)8-2-1-3-13-10(8)15/h1-3,7,9H,5-6H2,(H,13,15)(H,16,17). The van der Waals surface area contributed by atoms with Gasteiger partial charge in [-0.25, -0.2) is 4.79 Å². The second-order valence-corrected chi connectivity index (χ2v) is 3.98. The molecule has 2 rings (SSSR count). The van der Waals surface area contributed by atoms with Gasteiger partial charge in [-0.15, -0.1) is 0 Å². The van der Waals surface area contributed by atoms with E-state index in [9.17, 15) is 9.59 Å². The van der Waals surface area contributed by atoms with Crippen molar-refractivity contribution in [2.24, 2.45) is 5.92 Å². The Morgan fingerprint density at radius 1 is 1.59 bits per heavy atom. The summed E-state index contributed by atoms with van der Waals surface area (Å²) < 4.78 is 0. The molecule has 0 radical (unpaired) electrons. The van der Waals surface area contributed by atoms with Gasteiger partial charge in [0.2, 0.25) is 0 Å². The summed E-state index contributed by atoms with van der Waals surface area (Å²) >= 11 is 0. The van der Waals surface area contributed by atoms with Crippen molar-refractivity contribution < 1.29 is 9.90 Å². The predicted octanol–water partition coefficient (Wildman–Crippen LogP) is 0.592. The van der Waals surface area contributed by atoms with E-state index in [0.29, 0.717) is 5.56 Å². The fourth-order valence-corrected chi connectivity index (χ4v) is 2.13. The highest BCUT2D eigenvalue weighted by atomic mass is 16.4. The first-order valence-corrected chi connectivity index (χ1v) is 5.18. The molecular weight excluding hydrogens is 222 g/mol. The molecule has 1 aliphatic rings. The molecule has 1 aromatic heterocycles. The molecular formula is C11H11N3O3. The van der Waals surface area contributed by atoms with Crippen molar-refractivity contribution in [3.63, 3.8) is 0 Å². The summed E-state index contributed by atoms with van der Waals surface area (Å²) in [5.74, 6) is -0.810. The lowest BCUT2D eigenvalue weighted by Crippen LogP contribution is -2.27. The molecule has 2 heterocycles. The van der Waals surface area contributed by atoms with Crippen molar-refractivity contribution in [1.29, 1.82) is 5.26 Å². The summed E-state index contributed by atoms with van der Waals surface area (Å²) in [4.78, 5) is 26.2. The van der Waals surface area contributed by atoms with E-state index in [1.54, 1.807) is 12.1 Å². The quantitative estimate of drug-likeness (QED) is 0.741. The lowest BCUT2D eigenvalue weighted by atomic mass is 9.91. The molecule has 6 heteroatoms. The molecule has 1 aromatic rings. The average molecular weight is 233 g/mol. The number of hydrogen-bond donors (Lipinski definition) is 2. The van der Waals surface area contributed by atoms with Crippen molar-refractivity contribution in [2.75, 3.05) is 13.1 Å². The summed E-state index contributed by atoms with van der Waals surface area (Å²) in [6, 6.07) is 5.38. The molecule has 2 N–H and O–H groups in total. The smallest absolute Gasteiger partial charge is 0.407 e. The van der Waals surface area contributed by atoms with E-state index >= 15 is 0 Å². The van der Waals surface area contributed by atoms with E-state index in [-0.39, 0.29) is 24.6 Å². The molecule has 2 unspecified atom stereocenters. The maximum absolute atomic E-state index is 11.6. The number of nitrogens with zero attached hydrogens (tertiary/aromatic N) is 2. The van der Waals surface area contributed by atoms with Crippen LogP contribution in [0.4, 0.5) is 4.79 Å². The molecule has 1 aliphatic heterocycles. The monoisotopic (exact) mass is 233 g/mol. The van der Waals surface area contributed by atoms with E-state index in [1.807, 2.05) is 0 Å². The van der Waals surface area contributed by atoms with Crippen LogP contribution in [-0.4, -0.2) is 34.2 Å². The number of pyridine rings is 1. The van der Waals surface area contributed by atoms with Gasteiger partial charge in [-0.3, -0.25) is 4.79 Å². The molecule has 0 saturated carbocycles. The molecule has 0 aliphatic carbocycles. The zero-order chi connectivity index (χ0) is 12.4. The molecule has 88 valence electrons. The van der Waals surface area contributed by atoms with Gasteiger partial charge in [0.05, 0.1) is 12.0 Å². The fourth-order valence-electron chi connectivity index (χ4n) is 2.13. The highest BCUT2D eigenvalue weighted by molar-refractivity contribution is 5.65. The van der Waals surface area contributed by atoms with Crippen molar-refractivity contribution in [3.8, 4) is 6.07 Å². The summed E-state index contributed by atoms with van der Waals surface area (Å²) in [6.45, 7) is 0.353. The third-order valence-corrected chi connectivity index (χ3v) is 3.00. The zero-order valence-corrected chi connectivity index (χ0v) is 8.96. The second-order valence-electron chi connectivity index (χ2n) is 3.98. The van der Waals surface area contributed by atoms with Gasteiger partial charge in [0.25, 0.3) is 5.56 Å². The van der Waals surface area contributed by atoms with Crippen LogP contribution in [0.15, 0.2) is 23.1 Å². The number of rotatable bonds is 1. The van der Waals surface area contributed by atoms with Crippen molar-refractivity contribution >= 4 is 6.09 Å². The molecule has 6 nitrogen and oxygen atoms in total. The number of aromatic nitrogens is 1. The van der Waals surface area contributed by atoms with Gasteiger partial charge in [-0.1, -0.05) is 6.07 Å². The lowest BCUT2D eigenvalue weighted by molar-refractivity contribution is 0.154. The minimum Gasteiger partial charge on any atom is -0.465 e. The van der Waals surface area contributed by atoms with Gasteiger partial charge in [-0.2, -0.15) is 5.26 Å². The summed E-state index contributed by atoms with van der Waals surface area (Å²) in [5.41, 5.74) is 0.216. The fraction of sp³-hybridized carbons (Fsp3) is 0.364. The Balaban J connectivity index is 2.33. The summed E-state index contributed by atoms with van der Waals surface area (Å²) in [6.07, 6.45) is 0.456. The molecule has 0 spiro atoms. The Kier molecular flexibility index (Phi) is 2.83. The molecule has 17 heavy (non-hydrogen) atoms. The molecule has 1 fully saturated rings. The van der Waals surface area contributed by atoms with Gasteiger partial charge < -0.3 is 15.0 Å². The molecule has 0 aromatic carbocycles. The lowest BCUT2D eigenvalue weighted by Gasteiger charge is -2.11. The third-order valence-electron chi connectivity index (χ3n) is 3.00. The van der Waals surface area contributed by atoms with E-state index in [2.05, 4.69) is 11.1 Å². The normalized spacial score (nSPS) is 23.4. The topological polar surface area (TPSA) is 97.2 Å². The third kappa shape index (κ3) is 1.99. The highest BCUT2D eigenvalue weighted by Crippen LogP contribution is 2.30. The predicted molar refractivity (Wildman–Crippen MR) is 58.5 cm³/mol. The SMILES string of the molecule is N#CC1CN(C(=O)O)CC1c1ccc[nH]c1=O. The number of nitriles is 1. The van der Waals surface area contributed by atoms with E-state index in [4.69, 9.17) is 10.4 Å². The first-order chi connectivity index (χ1) is 8.13. The second kappa shape index (κ2) is 4.29. The van der Waals surface area contributed by atoms with Crippen LogP contribution in [0.25, 0.3) is 0 Å². The first-order valence-electron chi connectivity index (χ1n) is 5.18. The maximum Gasteiger partial charge on any atom is 0.407 e. The van der Waals surface area contributed by atoms with E-state index in [0.717, 1.165) is 0 Å². The summed E-state index contributed by atoms with van der Waals surface area (Å²) in [5, 5.41) is 17.9. The van der Waals surface area contributed by atoms with Gasteiger partial charge in [0.1, 0.15) is 0 Å². The Morgan fingerprint density at radius 2 is 2.35 bits per heavy atom. The molecule has 2 atom stereocenters. The van der Waals surface area contributed by atoms with E-state index < -0.39 is 12.0 Å². The number of carbonyl (C=O) groups is 1. The van der Waals surface area contributed by atoms with Crippen LogP contribution < -0.4 is 5.56 Å². The van der Waals surface area contributed by atoms with Crippen molar-refractivity contribution in [3.05, 3.63) is 34.2 Å². The molecule has 0 bridgehead atoms. The average Bonchev–Trinajstić information content (AvgIpc) is 2.73. The largest absolute Gasteiger partial charge is 0.465 e. The number of amides is 1. The van der Waals surface area contributed by atoms with Gasteiger partial charge in [0.15, 0.2) is 0 Å². The minimum absolute atomic E-state index is 0.158. The van der Waals surface area contributed by atoms with Gasteiger partial charge in [-0.05, 0) is 6.07 Å². The highest BCUT2D eigenvalue weighted by Gasteiger charge is 2.37. The number of carboxylic acid groups (broad SMARTS) is 1. The number of hydrogen-bond acceptors (Lipinski definition) is 3. The Morgan fingerprint density at radius 3 is 2.94 bits per heavy atom. The van der Waals surface area contributed by atoms with Crippen molar-refractivity contribution in [2.45, 2.75) is 5.92 Å². The molecule has 1 saturated heterocycles. The van der Waals surface area contributed by atoms with Gasteiger partial charge in [0, 0.05) is 30.8 Å². The van der Waals surface area contributed by atoms with Crippen molar-refractivity contribution in [1.82, 2.24) is 9.88 Å². The van der Waals surface area contributed by atoms with Crippen LogP contribution in [0, 0.1) is 17.2 Å². The van der Waals surface area contributed by atoms with Crippen LogP contribution >= 0.6 is 0 Å². The molecule has 1 amide bonds. The minimum atomic E-state index is -1.06. The van der Waals surface area contributed by atoms with Crippen LogP contribution in [0.1, 0.15) is 11.5 Å². The number of nitrogens with one attached hydrogen (secondary N) is 1.